The molecule has 0 radical (unpaired) electrons. The van der Waals surface area contributed by atoms with E-state index in [2.05, 4.69) is 5.32 Å². The molecule has 0 aliphatic carbocycles. The number of benzene rings is 2. The van der Waals surface area contributed by atoms with E-state index in [1.165, 1.54) is 0 Å². The molecule has 1 fully saturated rings. The van der Waals surface area contributed by atoms with Crippen molar-refractivity contribution in [3.05, 3.63) is 58.1 Å². The van der Waals surface area contributed by atoms with Gasteiger partial charge in [-0.1, -0.05) is 47.5 Å². The van der Waals surface area contributed by atoms with E-state index in [9.17, 15) is 9.90 Å². The first kappa shape index (κ1) is 18.0. The Morgan fingerprint density at radius 3 is 2.36 bits per heavy atom. The molecule has 0 saturated carbocycles. The van der Waals surface area contributed by atoms with Crippen LogP contribution in [0.2, 0.25) is 10.0 Å². The van der Waals surface area contributed by atoms with E-state index in [0.29, 0.717) is 53.3 Å². The van der Waals surface area contributed by atoms with E-state index >= 15 is 0 Å². The van der Waals surface area contributed by atoms with E-state index in [0.717, 1.165) is 0 Å². The number of halogens is 2. The first-order chi connectivity index (χ1) is 12.1. The second-order valence-corrected chi connectivity index (χ2v) is 6.51. The van der Waals surface area contributed by atoms with Crippen molar-refractivity contribution in [2.75, 3.05) is 31.6 Å². The Morgan fingerprint density at radius 2 is 1.72 bits per heavy atom. The molecule has 25 heavy (non-hydrogen) atoms. The van der Waals surface area contributed by atoms with Gasteiger partial charge in [0.25, 0.3) is 0 Å². The predicted octanol–water partition coefficient (Wildman–Crippen LogP) is 4.19. The monoisotopic (exact) mass is 380 g/mol. The molecule has 0 spiro atoms. The summed E-state index contributed by atoms with van der Waals surface area (Å²) in [6, 6.07) is 11.8. The van der Waals surface area contributed by atoms with Crippen molar-refractivity contribution in [3.8, 4) is 0 Å². The molecule has 5 nitrogen and oxygen atoms in total. The molecule has 7 heteroatoms. The van der Waals surface area contributed by atoms with Gasteiger partial charge in [0.2, 0.25) is 0 Å². The largest absolute Gasteiger partial charge is 0.480 e. The molecule has 2 aromatic rings. The van der Waals surface area contributed by atoms with E-state index in [4.69, 9.17) is 27.9 Å². The van der Waals surface area contributed by atoms with Gasteiger partial charge in [0.05, 0.1) is 28.9 Å². The quantitative estimate of drug-likeness (QED) is 0.813. The van der Waals surface area contributed by atoms with Crippen LogP contribution in [0.5, 0.6) is 0 Å². The molecule has 1 heterocycles. The maximum atomic E-state index is 12.0. The summed E-state index contributed by atoms with van der Waals surface area (Å²) in [5.41, 5.74) is 1.88. The number of carbonyl (C=O) groups is 1. The highest BCUT2D eigenvalue weighted by Gasteiger charge is 2.30. The van der Waals surface area contributed by atoms with E-state index in [1.807, 2.05) is 23.1 Å². The number of nitrogens with one attached hydrogen (secondary N) is 1. The van der Waals surface area contributed by atoms with Crippen molar-refractivity contribution < 1.29 is 14.6 Å². The number of anilines is 2. The predicted molar refractivity (Wildman–Crippen MR) is 99.0 cm³/mol. The van der Waals surface area contributed by atoms with Gasteiger partial charge in [-0.05, 0) is 18.2 Å². The first-order valence-electron chi connectivity index (χ1n) is 7.92. The molecule has 1 aliphatic heterocycles. The van der Waals surface area contributed by atoms with Crippen molar-refractivity contribution in [2.45, 2.75) is 6.04 Å². The van der Waals surface area contributed by atoms with E-state index in [-0.39, 0.29) is 0 Å². The highest BCUT2D eigenvalue weighted by Crippen LogP contribution is 2.36. The van der Waals surface area contributed by atoms with E-state index < -0.39 is 12.0 Å². The van der Waals surface area contributed by atoms with Gasteiger partial charge in [-0.25, -0.2) is 0 Å². The molecule has 0 bridgehead atoms. The maximum Gasteiger partial charge on any atom is 0.325 e. The molecule has 1 saturated heterocycles. The molecule has 0 aromatic heterocycles. The standard InChI is InChI=1S/C18H18Cl2N2O3/c19-13-5-3-6-14(20)16(13)21-15-7-2-1-4-12(15)17(18(23)24)22-8-10-25-11-9-22/h1-7,17,21H,8-11H2,(H,23,24). The summed E-state index contributed by atoms with van der Waals surface area (Å²) >= 11 is 12.5. The summed E-state index contributed by atoms with van der Waals surface area (Å²) in [6.07, 6.45) is 0. The molecule has 132 valence electrons. The molecule has 1 unspecified atom stereocenters. The lowest BCUT2D eigenvalue weighted by atomic mass is 10.0. The number of hydrogen-bond acceptors (Lipinski definition) is 4. The van der Waals surface area contributed by atoms with Crippen LogP contribution in [0.15, 0.2) is 42.5 Å². The smallest absolute Gasteiger partial charge is 0.325 e. The fourth-order valence-electron chi connectivity index (χ4n) is 2.92. The van der Waals surface area contributed by atoms with Crippen molar-refractivity contribution in [1.29, 1.82) is 0 Å². The minimum atomic E-state index is -0.901. The van der Waals surface area contributed by atoms with Gasteiger partial charge in [-0.2, -0.15) is 0 Å². The van der Waals surface area contributed by atoms with Gasteiger partial charge in [-0.3, -0.25) is 9.69 Å². The number of nitrogens with zero attached hydrogens (tertiary/aromatic N) is 1. The topological polar surface area (TPSA) is 61.8 Å². The third-order valence-electron chi connectivity index (χ3n) is 4.12. The fraction of sp³-hybridized carbons (Fsp3) is 0.278. The molecule has 0 amide bonds. The lowest BCUT2D eigenvalue weighted by Gasteiger charge is -2.33. The molecule has 1 aliphatic rings. The van der Waals surface area contributed by atoms with Crippen molar-refractivity contribution in [2.24, 2.45) is 0 Å². The second kappa shape index (κ2) is 8.06. The third-order valence-corrected chi connectivity index (χ3v) is 4.75. The highest BCUT2D eigenvalue weighted by molar-refractivity contribution is 6.39. The average molecular weight is 381 g/mol. The summed E-state index contributed by atoms with van der Waals surface area (Å²) in [4.78, 5) is 13.9. The summed E-state index contributed by atoms with van der Waals surface area (Å²) < 4.78 is 5.34. The number of hydrogen-bond donors (Lipinski definition) is 2. The summed E-state index contributed by atoms with van der Waals surface area (Å²) in [5, 5.41) is 14.0. The normalized spacial score (nSPS) is 16.4. The van der Waals surface area contributed by atoms with Crippen molar-refractivity contribution in [3.63, 3.8) is 0 Å². The Labute approximate surface area is 156 Å². The van der Waals surface area contributed by atoms with Gasteiger partial charge in [-0.15, -0.1) is 0 Å². The van der Waals surface area contributed by atoms with Gasteiger partial charge in [0.15, 0.2) is 0 Å². The van der Waals surface area contributed by atoms with E-state index in [1.54, 1.807) is 24.3 Å². The van der Waals surface area contributed by atoms with Gasteiger partial charge < -0.3 is 15.2 Å². The number of ether oxygens (including phenoxy) is 1. The number of morpholine rings is 1. The van der Waals surface area contributed by atoms with Crippen LogP contribution in [-0.4, -0.2) is 42.3 Å². The van der Waals surface area contributed by atoms with Crippen molar-refractivity contribution in [1.82, 2.24) is 4.90 Å². The van der Waals surface area contributed by atoms with Crippen LogP contribution in [0.25, 0.3) is 0 Å². The van der Waals surface area contributed by atoms with Crippen molar-refractivity contribution >= 4 is 40.5 Å². The van der Waals surface area contributed by atoms with Crippen LogP contribution in [0, 0.1) is 0 Å². The molecule has 1 atom stereocenters. The SMILES string of the molecule is O=C(O)C(c1ccccc1Nc1c(Cl)cccc1Cl)N1CCOCC1. The van der Waals surface area contributed by atoms with Crippen LogP contribution in [0.4, 0.5) is 11.4 Å². The zero-order chi connectivity index (χ0) is 17.8. The van der Waals surface area contributed by atoms with Gasteiger partial charge in [0.1, 0.15) is 6.04 Å². The summed E-state index contributed by atoms with van der Waals surface area (Å²) in [5.74, 6) is -0.901. The van der Waals surface area contributed by atoms with Crippen LogP contribution >= 0.6 is 23.2 Å². The third kappa shape index (κ3) is 4.07. The number of aliphatic carboxylic acids is 1. The maximum absolute atomic E-state index is 12.0. The zero-order valence-corrected chi connectivity index (χ0v) is 14.9. The number of carboxylic acid groups (broad SMARTS) is 1. The Balaban J connectivity index is 1.98. The number of rotatable bonds is 5. The summed E-state index contributed by atoms with van der Waals surface area (Å²) in [6.45, 7) is 2.18. The first-order valence-corrected chi connectivity index (χ1v) is 8.68. The van der Waals surface area contributed by atoms with Crippen LogP contribution in [-0.2, 0) is 9.53 Å². The van der Waals surface area contributed by atoms with Crippen LogP contribution in [0.3, 0.4) is 0 Å². The Morgan fingerprint density at radius 1 is 1.08 bits per heavy atom. The Bertz CT molecular complexity index is 743. The molecular formula is C18H18Cl2N2O3. The minimum Gasteiger partial charge on any atom is -0.480 e. The van der Waals surface area contributed by atoms with Gasteiger partial charge >= 0.3 is 5.97 Å². The number of carboxylic acids is 1. The average Bonchev–Trinajstić information content (AvgIpc) is 2.60. The highest BCUT2D eigenvalue weighted by atomic mass is 35.5. The Hall–Kier alpha value is -1.79. The van der Waals surface area contributed by atoms with Gasteiger partial charge in [0, 0.05) is 24.3 Å². The lowest BCUT2D eigenvalue weighted by molar-refractivity contribution is -0.145. The van der Waals surface area contributed by atoms with Crippen LogP contribution < -0.4 is 5.32 Å². The lowest BCUT2D eigenvalue weighted by Crippen LogP contribution is -2.42. The van der Waals surface area contributed by atoms with Crippen LogP contribution in [0.1, 0.15) is 11.6 Å². The molecule has 2 N–H and O–H groups in total. The molecule has 2 aromatic carbocycles. The number of para-hydroxylation sites is 2. The molecular weight excluding hydrogens is 363 g/mol. The molecule has 3 rings (SSSR count). The second-order valence-electron chi connectivity index (χ2n) is 5.70. The zero-order valence-electron chi connectivity index (χ0n) is 13.4. The summed E-state index contributed by atoms with van der Waals surface area (Å²) in [7, 11) is 0. The Kier molecular flexibility index (Phi) is 5.81. The minimum absolute atomic E-state index is 0.473. The fourth-order valence-corrected chi connectivity index (χ4v) is 3.41.